The van der Waals surface area contributed by atoms with Crippen LogP contribution >= 0.6 is 11.3 Å². The third-order valence-electron chi connectivity index (χ3n) is 5.17. The summed E-state index contributed by atoms with van der Waals surface area (Å²) >= 11 is 0.913. The van der Waals surface area contributed by atoms with Crippen LogP contribution < -0.4 is 10.1 Å². The Labute approximate surface area is 184 Å². The molecular formula is C20H16N2O9S. The van der Waals surface area contributed by atoms with Gasteiger partial charge in [-0.2, -0.15) is 0 Å². The van der Waals surface area contributed by atoms with Crippen LogP contribution in [-0.2, 0) is 27.4 Å². The van der Waals surface area contributed by atoms with Crippen LogP contribution in [0.25, 0.3) is 0 Å². The smallest absolute Gasteiger partial charge is 0.394 e. The van der Waals surface area contributed by atoms with Crippen LogP contribution in [0, 0.1) is 0 Å². The van der Waals surface area contributed by atoms with Crippen molar-refractivity contribution in [2.45, 2.75) is 19.1 Å². The second kappa shape index (κ2) is 8.05. The molecule has 0 saturated carbocycles. The lowest BCUT2D eigenvalue weighted by molar-refractivity contribution is -0.147. The number of carbonyl (C=O) groups excluding carboxylic acids is 3. The number of amides is 3. The van der Waals surface area contributed by atoms with E-state index in [0.717, 1.165) is 16.2 Å². The Morgan fingerprint density at radius 1 is 1.22 bits per heavy atom. The molecule has 0 saturated heterocycles. The van der Waals surface area contributed by atoms with Gasteiger partial charge in [0.15, 0.2) is 0 Å². The number of carbonyl (C=O) groups is 5. The number of thiophene rings is 1. The molecule has 1 aromatic carbocycles. The number of hydrogen-bond acceptors (Lipinski definition) is 8. The number of methoxy groups -OCH3 is 1. The molecule has 2 aliphatic rings. The molecule has 4 rings (SSSR count). The highest BCUT2D eigenvalue weighted by molar-refractivity contribution is 7.17. The molecular weight excluding hydrogens is 444 g/mol. The Morgan fingerprint density at radius 3 is 2.59 bits per heavy atom. The molecule has 1 unspecified atom stereocenters. The third kappa shape index (κ3) is 3.59. The molecule has 3 heterocycles. The van der Waals surface area contributed by atoms with E-state index in [1.54, 1.807) is 6.07 Å². The molecule has 166 valence electrons. The molecule has 1 aromatic heterocycles. The van der Waals surface area contributed by atoms with E-state index < -0.39 is 35.8 Å². The minimum absolute atomic E-state index is 0.00905. The molecule has 2 aromatic rings. The zero-order valence-corrected chi connectivity index (χ0v) is 17.4. The predicted molar refractivity (Wildman–Crippen MR) is 108 cm³/mol. The minimum atomic E-state index is -1.75. The van der Waals surface area contributed by atoms with Gasteiger partial charge in [0.2, 0.25) is 0 Å². The zero-order chi connectivity index (χ0) is 23.2. The van der Waals surface area contributed by atoms with E-state index >= 15 is 0 Å². The fourth-order valence-electron chi connectivity index (χ4n) is 3.68. The van der Waals surface area contributed by atoms with Crippen LogP contribution in [0.15, 0.2) is 18.2 Å². The summed E-state index contributed by atoms with van der Waals surface area (Å²) in [6, 6.07) is 4.57. The fraction of sp³-hybridized carbons (Fsp3) is 0.250. The number of aromatic carboxylic acids is 1. The highest BCUT2D eigenvalue weighted by Gasteiger charge is 2.39. The first-order valence-corrected chi connectivity index (χ1v) is 10.1. The highest BCUT2D eigenvalue weighted by Crippen LogP contribution is 2.38. The van der Waals surface area contributed by atoms with Gasteiger partial charge in [-0.1, -0.05) is 0 Å². The first-order chi connectivity index (χ1) is 15.2. The van der Waals surface area contributed by atoms with E-state index in [4.69, 9.17) is 14.6 Å². The molecule has 0 aliphatic carbocycles. The van der Waals surface area contributed by atoms with E-state index in [1.807, 2.05) is 0 Å². The van der Waals surface area contributed by atoms with Crippen LogP contribution in [0.5, 0.6) is 5.75 Å². The summed E-state index contributed by atoms with van der Waals surface area (Å²) < 4.78 is 10.8. The van der Waals surface area contributed by atoms with E-state index in [0.29, 0.717) is 16.2 Å². The second-order valence-electron chi connectivity index (χ2n) is 7.04. The van der Waals surface area contributed by atoms with Crippen LogP contribution in [-0.4, -0.2) is 64.5 Å². The standard InChI is InChI=1S/C20H16N2O9S/c1-30-8-2-3-10-11(4-8)18(25)22(17(10)24)6-9-5-12-13(7-31-9)32-16(14(12)19(26)27)21-15(23)20(28)29/h2-4,9H,5-7H2,1H3,(H,21,23)(H,26,27)(H,28,29). The summed E-state index contributed by atoms with van der Waals surface area (Å²) in [5.74, 6) is -4.99. The average Bonchev–Trinajstić information content (AvgIpc) is 3.23. The number of anilines is 1. The maximum Gasteiger partial charge on any atom is 0.394 e. The number of ether oxygens (including phenoxy) is 2. The molecule has 0 bridgehead atoms. The molecule has 32 heavy (non-hydrogen) atoms. The second-order valence-corrected chi connectivity index (χ2v) is 8.15. The van der Waals surface area contributed by atoms with Crippen molar-refractivity contribution in [3.63, 3.8) is 0 Å². The van der Waals surface area contributed by atoms with Crippen LogP contribution in [0.2, 0.25) is 0 Å². The number of benzene rings is 1. The van der Waals surface area contributed by atoms with Crippen molar-refractivity contribution >= 4 is 46.0 Å². The summed E-state index contributed by atoms with van der Waals surface area (Å²) in [6.45, 7) is -0.106. The van der Waals surface area contributed by atoms with Crippen LogP contribution in [0.4, 0.5) is 5.00 Å². The lowest BCUT2D eigenvalue weighted by Crippen LogP contribution is -2.40. The van der Waals surface area contributed by atoms with Gasteiger partial charge in [-0.15, -0.1) is 11.3 Å². The van der Waals surface area contributed by atoms with Gasteiger partial charge in [-0.3, -0.25) is 19.3 Å². The van der Waals surface area contributed by atoms with E-state index in [1.165, 1.54) is 19.2 Å². The number of hydrogen-bond donors (Lipinski definition) is 3. The van der Waals surface area contributed by atoms with Gasteiger partial charge in [0.05, 0.1) is 43.1 Å². The number of carboxylic acid groups (broad SMARTS) is 2. The van der Waals surface area contributed by atoms with E-state index in [2.05, 4.69) is 5.32 Å². The van der Waals surface area contributed by atoms with Crippen molar-refractivity contribution in [3.05, 3.63) is 45.3 Å². The molecule has 1 atom stereocenters. The molecule has 2 aliphatic heterocycles. The fourth-order valence-corrected chi connectivity index (χ4v) is 4.82. The summed E-state index contributed by atoms with van der Waals surface area (Å²) in [4.78, 5) is 61.1. The Hall–Kier alpha value is -3.77. The quantitative estimate of drug-likeness (QED) is 0.440. The molecule has 3 amide bonds. The molecule has 3 N–H and O–H groups in total. The number of nitrogens with zero attached hydrogens (tertiary/aromatic N) is 1. The monoisotopic (exact) mass is 460 g/mol. The van der Waals surface area contributed by atoms with Gasteiger partial charge in [0.25, 0.3) is 11.8 Å². The maximum atomic E-state index is 12.8. The molecule has 0 radical (unpaired) electrons. The van der Waals surface area contributed by atoms with Crippen molar-refractivity contribution in [3.8, 4) is 5.75 Å². The topological polar surface area (TPSA) is 160 Å². The third-order valence-corrected chi connectivity index (χ3v) is 6.29. The normalized spacial score (nSPS) is 17.0. The Balaban J connectivity index is 1.56. The van der Waals surface area contributed by atoms with Crippen molar-refractivity contribution < 1.29 is 43.7 Å². The highest BCUT2D eigenvalue weighted by atomic mass is 32.1. The summed E-state index contributed by atoms with van der Waals surface area (Å²) in [7, 11) is 1.45. The predicted octanol–water partition coefficient (Wildman–Crippen LogP) is 1.22. The van der Waals surface area contributed by atoms with Gasteiger partial charge in [-0.05, 0) is 23.8 Å². The first-order valence-electron chi connectivity index (χ1n) is 9.29. The Kier molecular flexibility index (Phi) is 5.40. The van der Waals surface area contributed by atoms with Gasteiger partial charge < -0.3 is 25.0 Å². The SMILES string of the molecule is COc1ccc2c(c1)C(=O)N(CC1Cc3c(sc(NC(=O)C(=O)O)c3C(=O)O)CO1)C2=O. The van der Waals surface area contributed by atoms with Crippen molar-refractivity contribution in [1.82, 2.24) is 4.90 Å². The Bertz CT molecular complexity index is 1190. The lowest BCUT2D eigenvalue weighted by Gasteiger charge is -2.26. The van der Waals surface area contributed by atoms with Crippen molar-refractivity contribution in [2.75, 3.05) is 19.0 Å². The van der Waals surface area contributed by atoms with Crippen molar-refractivity contribution in [1.29, 1.82) is 0 Å². The number of rotatable bonds is 5. The van der Waals surface area contributed by atoms with Gasteiger partial charge in [-0.25, -0.2) is 9.59 Å². The zero-order valence-electron chi connectivity index (χ0n) is 16.5. The van der Waals surface area contributed by atoms with Crippen LogP contribution in [0.1, 0.15) is 41.5 Å². The number of aliphatic carboxylic acids is 1. The summed E-state index contributed by atoms with van der Waals surface area (Å²) in [5.41, 5.74) is 0.608. The number of fused-ring (bicyclic) bond motifs is 2. The minimum Gasteiger partial charge on any atom is -0.497 e. The van der Waals surface area contributed by atoms with Gasteiger partial charge >= 0.3 is 17.8 Å². The average molecular weight is 460 g/mol. The molecule has 0 spiro atoms. The van der Waals surface area contributed by atoms with Crippen LogP contribution in [0.3, 0.4) is 0 Å². The van der Waals surface area contributed by atoms with Gasteiger partial charge in [0, 0.05) is 11.3 Å². The first kappa shape index (κ1) is 21.5. The van der Waals surface area contributed by atoms with E-state index in [-0.39, 0.29) is 41.3 Å². The summed E-state index contributed by atoms with van der Waals surface area (Å²) in [6.07, 6.45) is -0.616. The maximum absolute atomic E-state index is 12.8. The largest absolute Gasteiger partial charge is 0.497 e. The molecule has 0 fully saturated rings. The van der Waals surface area contributed by atoms with Crippen molar-refractivity contribution in [2.24, 2.45) is 0 Å². The summed E-state index contributed by atoms with van der Waals surface area (Å²) in [5, 5.41) is 20.4. The number of imide groups is 1. The number of carboxylic acids is 2. The lowest BCUT2D eigenvalue weighted by atomic mass is 10.0. The Morgan fingerprint density at radius 2 is 1.94 bits per heavy atom. The number of nitrogens with one attached hydrogen (secondary N) is 1. The molecule has 12 heteroatoms. The molecule has 11 nitrogen and oxygen atoms in total. The van der Waals surface area contributed by atoms with Gasteiger partial charge in [0.1, 0.15) is 10.8 Å². The van der Waals surface area contributed by atoms with E-state index in [9.17, 15) is 29.1 Å².